The molecular weight excluding hydrogens is 199 g/mol. The second-order valence-corrected chi connectivity index (χ2v) is 3.23. The van der Waals surface area contributed by atoms with E-state index in [0.717, 1.165) is 0 Å². The number of hydrogen-bond donors (Lipinski definition) is 0. The van der Waals surface area contributed by atoms with E-state index < -0.39 is 17.0 Å². The van der Waals surface area contributed by atoms with Crippen LogP contribution in [-0.4, -0.2) is 10.2 Å². The summed E-state index contributed by atoms with van der Waals surface area (Å²) in [5.41, 5.74) is 0. The van der Waals surface area contributed by atoms with E-state index >= 15 is 0 Å². The van der Waals surface area contributed by atoms with Gasteiger partial charge in [-0.25, -0.2) is 4.21 Å². The van der Waals surface area contributed by atoms with Crippen LogP contribution in [0.15, 0.2) is 35.2 Å². The molecule has 0 heterocycles. The molecule has 1 rings (SSSR count). The summed E-state index contributed by atoms with van der Waals surface area (Å²) in [4.78, 5) is 10.9. The van der Waals surface area contributed by atoms with E-state index in [0.29, 0.717) is 4.90 Å². The molecule has 1 aromatic carbocycles. The molecule has 13 heavy (non-hydrogen) atoms. The molecule has 0 aliphatic heterocycles. The molecule has 0 spiro atoms. The third-order valence-corrected chi connectivity index (χ3v) is 2.17. The minimum absolute atomic E-state index is 0. The molecule has 0 aliphatic rings. The predicted octanol–water partition coefficient (Wildman–Crippen LogP) is -1.72. The first kappa shape index (κ1) is 12.8. The number of carbonyl (C=O) groups excluding carboxylic acids is 1. The Morgan fingerprint density at radius 1 is 1.31 bits per heavy atom. The van der Waals surface area contributed by atoms with Gasteiger partial charge in [-0.15, -0.1) is 0 Å². The molecule has 0 saturated carbocycles. The normalized spacial score (nSPS) is 11.2. The molecular formula is C8H8NaO3S+. The average Bonchev–Trinajstić information content (AvgIpc) is 2.05. The second-order valence-electron chi connectivity index (χ2n) is 2.12. The van der Waals surface area contributed by atoms with E-state index in [2.05, 4.69) is 4.18 Å². The molecule has 1 unspecified atom stereocenters. The standard InChI is InChI=1S/C8H8O3S.Na/c1-7(9)11-12(10)8-5-3-2-4-6-8;/h2-6H,1H3;/q;+1. The molecule has 5 heteroatoms. The summed E-state index contributed by atoms with van der Waals surface area (Å²) in [6.45, 7) is 1.22. The maximum Gasteiger partial charge on any atom is 1.00 e. The van der Waals surface area contributed by atoms with Crippen LogP contribution < -0.4 is 29.6 Å². The van der Waals surface area contributed by atoms with Crippen LogP contribution in [0.5, 0.6) is 0 Å². The maximum atomic E-state index is 11.1. The van der Waals surface area contributed by atoms with Gasteiger partial charge in [0.1, 0.15) is 0 Å². The Balaban J connectivity index is 0.00000144. The summed E-state index contributed by atoms with van der Waals surface area (Å²) in [5, 5.41) is 0. The van der Waals surface area contributed by atoms with Gasteiger partial charge in [-0.1, -0.05) is 18.2 Å². The average molecular weight is 207 g/mol. The smallest absolute Gasteiger partial charge is 0.361 e. The van der Waals surface area contributed by atoms with Gasteiger partial charge in [-0.05, 0) is 12.1 Å². The van der Waals surface area contributed by atoms with Gasteiger partial charge < -0.3 is 4.18 Å². The van der Waals surface area contributed by atoms with Crippen molar-refractivity contribution in [2.45, 2.75) is 11.8 Å². The zero-order chi connectivity index (χ0) is 8.97. The third kappa shape index (κ3) is 4.57. The number of rotatable bonds is 2. The Labute approximate surface area is 101 Å². The molecule has 0 saturated heterocycles. The van der Waals surface area contributed by atoms with Crippen molar-refractivity contribution in [3.8, 4) is 0 Å². The van der Waals surface area contributed by atoms with Crippen LogP contribution in [0.3, 0.4) is 0 Å². The van der Waals surface area contributed by atoms with Gasteiger partial charge in [-0.2, -0.15) is 0 Å². The van der Waals surface area contributed by atoms with Crippen LogP contribution in [0.2, 0.25) is 0 Å². The Hall–Kier alpha value is -0.160. The van der Waals surface area contributed by atoms with Gasteiger partial charge in [0.2, 0.25) is 11.1 Å². The predicted molar refractivity (Wildman–Crippen MR) is 44.6 cm³/mol. The van der Waals surface area contributed by atoms with Gasteiger partial charge >= 0.3 is 35.5 Å². The molecule has 3 nitrogen and oxygen atoms in total. The summed E-state index contributed by atoms with van der Waals surface area (Å²) in [5.74, 6) is -0.544. The van der Waals surface area contributed by atoms with Crippen molar-refractivity contribution in [1.29, 1.82) is 0 Å². The minimum Gasteiger partial charge on any atom is -0.361 e. The van der Waals surface area contributed by atoms with Crippen LogP contribution in [0.25, 0.3) is 0 Å². The van der Waals surface area contributed by atoms with E-state index in [1.54, 1.807) is 30.3 Å². The Morgan fingerprint density at radius 2 is 1.85 bits per heavy atom. The zero-order valence-corrected chi connectivity index (χ0v) is 10.3. The molecule has 1 aromatic rings. The largest absolute Gasteiger partial charge is 1.00 e. The number of carbonyl (C=O) groups is 1. The Kier molecular flexibility index (Phi) is 6.24. The quantitative estimate of drug-likeness (QED) is 0.542. The Bertz CT molecular complexity index is 300. The second kappa shape index (κ2) is 6.32. The van der Waals surface area contributed by atoms with Crippen molar-refractivity contribution in [3.63, 3.8) is 0 Å². The van der Waals surface area contributed by atoms with E-state index in [1.165, 1.54) is 6.92 Å². The van der Waals surface area contributed by atoms with Crippen molar-refractivity contribution in [2.24, 2.45) is 0 Å². The van der Waals surface area contributed by atoms with Gasteiger partial charge in [0.05, 0.1) is 4.90 Å². The van der Waals surface area contributed by atoms with Crippen molar-refractivity contribution >= 4 is 17.0 Å². The van der Waals surface area contributed by atoms with Crippen LogP contribution in [-0.2, 0) is 20.1 Å². The molecule has 0 aliphatic carbocycles. The van der Waals surface area contributed by atoms with Crippen LogP contribution in [0.1, 0.15) is 6.92 Å². The van der Waals surface area contributed by atoms with E-state index in [4.69, 9.17) is 0 Å². The fourth-order valence-electron chi connectivity index (χ4n) is 0.686. The van der Waals surface area contributed by atoms with Crippen LogP contribution in [0, 0.1) is 0 Å². The summed E-state index contributed by atoms with van der Waals surface area (Å²) in [7, 11) is 0. The summed E-state index contributed by atoms with van der Waals surface area (Å²) in [6, 6.07) is 8.54. The fraction of sp³-hybridized carbons (Fsp3) is 0.125. The van der Waals surface area contributed by atoms with Crippen molar-refractivity contribution in [3.05, 3.63) is 30.3 Å². The molecule has 0 N–H and O–H groups in total. The van der Waals surface area contributed by atoms with Crippen LogP contribution in [0.4, 0.5) is 0 Å². The zero-order valence-electron chi connectivity index (χ0n) is 7.52. The SMILES string of the molecule is CC(=O)OS(=O)c1ccccc1.[Na+]. The first-order chi connectivity index (χ1) is 5.70. The number of benzene rings is 1. The van der Waals surface area contributed by atoms with Gasteiger partial charge in [-0.3, -0.25) is 4.79 Å². The molecule has 64 valence electrons. The molecule has 0 radical (unpaired) electrons. The van der Waals surface area contributed by atoms with Crippen LogP contribution >= 0.6 is 0 Å². The minimum atomic E-state index is -1.66. The topological polar surface area (TPSA) is 43.4 Å². The molecule has 0 bridgehead atoms. The van der Waals surface area contributed by atoms with Crippen molar-refractivity contribution < 1.29 is 42.7 Å². The van der Waals surface area contributed by atoms with E-state index in [9.17, 15) is 9.00 Å². The number of hydrogen-bond acceptors (Lipinski definition) is 3. The van der Waals surface area contributed by atoms with Crippen molar-refractivity contribution in [1.82, 2.24) is 0 Å². The van der Waals surface area contributed by atoms with Gasteiger partial charge in [0.15, 0.2) is 0 Å². The molecule has 0 aromatic heterocycles. The molecule has 0 fully saturated rings. The molecule has 0 amide bonds. The summed E-state index contributed by atoms with van der Waals surface area (Å²) < 4.78 is 15.6. The third-order valence-electron chi connectivity index (χ3n) is 1.13. The van der Waals surface area contributed by atoms with Crippen molar-refractivity contribution in [2.75, 3.05) is 0 Å². The summed E-state index contributed by atoms with van der Waals surface area (Å²) >= 11 is -1.66. The first-order valence-electron chi connectivity index (χ1n) is 3.36. The van der Waals surface area contributed by atoms with E-state index in [1.807, 2.05) is 0 Å². The first-order valence-corrected chi connectivity index (χ1v) is 4.43. The van der Waals surface area contributed by atoms with E-state index in [-0.39, 0.29) is 29.6 Å². The monoisotopic (exact) mass is 207 g/mol. The van der Waals surface area contributed by atoms with Gasteiger partial charge in [0, 0.05) is 6.92 Å². The van der Waals surface area contributed by atoms with Gasteiger partial charge in [0.25, 0.3) is 0 Å². The Morgan fingerprint density at radius 3 is 2.31 bits per heavy atom. The maximum absolute atomic E-state index is 11.1. The molecule has 1 atom stereocenters. The summed E-state index contributed by atoms with van der Waals surface area (Å²) in [6.07, 6.45) is 0. The fourth-order valence-corrected chi connectivity index (χ4v) is 1.38.